The van der Waals surface area contributed by atoms with Gasteiger partial charge in [0.05, 0.1) is 26.9 Å². The van der Waals surface area contributed by atoms with Gasteiger partial charge in [0.15, 0.2) is 5.96 Å². The minimum absolute atomic E-state index is 0.662. The monoisotopic (exact) mass is 410 g/mol. The van der Waals surface area contributed by atoms with E-state index in [0.717, 1.165) is 64.1 Å². The van der Waals surface area contributed by atoms with Crippen LogP contribution in [0.25, 0.3) is 0 Å². The molecule has 1 heterocycles. The van der Waals surface area contributed by atoms with Crippen molar-refractivity contribution in [3.63, 3.8) is 0 Å². The number of hydrogen-bond donors (Lipinski definition) is 2. The van der Waals surface area contributed by atoms with E-state index in [9.17, 15) is 0 Å². The summed E-state index contributed by atoms with van der Waals surface area (Å²) in [4.78, 5) is 7.17. The molecule has 2 aromatic carbocycles. The van der Waals surface area contributed by atoms with Gasteiger partial charge < -0.3 is 20.1 Å². The standard InChI is InChI=1S/C24H34N4O2/c1-3-25-24(26-13-12-20-8-10-23(29-2)11-9-20)27-18-21-4-6-22(7-5-21)19-28-14-16-30-17-15-28/h4-11H,3,12-19H2,1-2H3,(H2,25,26,27). The Morgan fingerprint density at radius 2 is 1.63 bits per heavy atom. The number of nitrogens with zero attached hydrogens (tertiary/aromatic N) is 2. The summed E-state index contributed by atoms with van der Waals surface area (Å²) in [6.07, 6.45) is 0.935. The highest BCUT2D eigenvalue weighted by molar-refractivity contribution is 5.79. The lowest BCUT2D eigenvalue weighted by molar-refractivity contribution is 0.0342. The fourth-order valence-electron chi connectivity index (χ4n) is 3.40. The van der Waals surface area contributed by atoms with E-state index < -0.39 is 0 Å². The highest BCUT2D eigenvalue weighted by atomic mass is 16.5. The maximum absolute atomic E-state index is 5.42. The summed E-state index contributed by atoms with van der Waals surface area (Å²) < 4.78 is 10.6. The first kappa shape index (κ1) is 22.1. The Labute approximate surface area is 180 Å². The quantitative estimate of drug-likeness (QED) is 0.492. The molecule has 0 aliphatic carbocycles. The molecule has 0 atom stereocenters. The van der Waals surface area contributed by atoms with Gasteiger partial charge in [0.2, 0.25) is 0 Å². The third kappa shape index (κ3) is 7.35. The van der Waals surface area contributed by atoms with E-state index in [0.29, 0.717) is 6.54 Å². The van der Waals surface area contributed by atoms with E-state index in [-0.39, 0.29) is 0 Å². The summed E-state index contributed by atoms with van der Waals surface area (Å²) in [5.41, 5.74) is 3.83. The van der Waals surface area contributed by atoms with Gasteiger partial charge in [0.25, 0.3) is 0 Å². The second-order valence-corrected chi connectivity index (χ2v) is 7.43. The minimum atomic E-state index is 0.662. The molecule has 0 aromatic heterocycles. The lowest BCUT2D eigenvalue weighted by Gasteiger charge is -2.26. The second kappa shape index (κ2) is 12.2. The fraction of sp³-hybridized carbons (Fsp3) is 0.458. The Hall–Kier alpha value is -2.57. The van der Waals surface area contributed by atoms with Gasteiger partial charge in [0, 0.05) is 32.7 Å². The van der Waals surface area contributed by atoms with Crippen molar-refractivity contribution in [1.29, 1.82) is 0 Å². The first-order chi connectivity index (χ1) is 14.8. The van der Waals surface area contributed by atoms with E-state index in [4.69, 9.17) is 14.5 Å². The van der Waals surface area contributed by atoms with Crippen molar-refractivity contribution < 1.29 is 9.47 Å². The van der Waals surface area contributed by atoms with Crippen molar-refractivity contribution in [3.8, 4) is 5.75 Å². The Bertz CT molecular complexity index is 769. The Balaban J connectivity index is 1.46. The highest BCUT2D eigenvalue weighted by Crippen LogP contribution is 2.12. The van der Waals surface area contributed by atoms with E-state index in [1.54, 1.807) is 7.11 Å². The van der Waals surface area contributed by atoms with Crippen molar-refractivity contribution in [2.75, 3.05) is 46.5 Å². The average Bonchev–Trinajstić information content (AvgIpc) is 2.79. The van der Waals surface area contributed by atoms with Crippen LogP contribution < -0.4 is 15.4 Å². The molecule has 1 aliphatic heterocycles. The van der Waals surface area contributed by atoms with Crippen molar-refractivity contribution in [3.05, 3.63) is 65.2 Å². The molecule has 0 amide bonds. The number of rotatable bonds is 9. The molecular formula is C24H34N4O2. The van der Waals surface area contributed by atoms with Crippen LogP contribution in [0.5, 0.6) is 5.75 Å². The van der Waals surface area contributed by atoms with E-state index in [1.807, 2.05) is 12.1 Å². The summed E-state index contributed by atoms with van der Waals surface area (Å²) in [5.74, 6) is 1.74. The number of nitrogens with one attached hydrogen (secondary N) is 2. The van der Waals surface area contributed by atoms with Gasteiger partial charge in [-0.05, 0) is 42.2 Å². The molecule has 0 radical (unpaired) electrons. The van der Waals surface area contributed by atoms with Gasteiger partial charge in [-0.3, -0.25) is 4.90 Å². The summed E-state index contributed by atoms with van der Waals surface area (Å²) in [6.45, 7) is 9.11. The maximum Gasteiger partial charge on any atom is 0.191 e. The van der Waals surface area contributed by atoms with Gasteiger partial charge >= 0.3 is 0 Å². The Kier molecular flexibility index (Phi) is 9.00. The third-order valence-corrected chi connectivity index (χ3v) is 5.16. The zero-order valence-corrected chi connectivity index (χ0v) is 18.2. The van der Waals surface area contributed by atoms with Crippen LogP contribution in [0.4, 0.5) is 0 Å². The summed E-state index contributed by atoms with van der Waals surface area (Å²) >= 11 is 0. The second-order valence-electron chi connectivity index (χ2n) is 7.43. The lowest BCUT2D eigenvalue weighted by atomic mass is 10.1. The van der Waals surface area contributed by atoms with Crippen LogP contribution in [-0.4, -0.2) is 57.4 Å². The van der Waals surface area contributed by atoms with Crippen LogP contribution in [-0.2, 0) is 24.2 Å². The van der Waals surface area contributed by atoms with E-state index in [2.05, 4.69) is 58.9 Å². The van der Waals surface area contributed by atoms with Gasteiger partial charge in [-0.25, -0.2) is 4.99 Å². The van der Waals surface area contributed by atoms with E-state index >= 15 is 0 Å². The number of morpholine rings is 1. The third-order valence-electron chi connectivity index (χ3n) is 5.16. The predicted molar refractivity (Wildman–Crippen MR) is 122 cm³/mol. The molecule has 30 heavy (non-hydrogen) atoms. The zero-order chi connectivity index (χ0) is 21.0. The molecular weight excluding hydrogens is 376 g/mol. The topological polar surface area (TPSA) is 58.1 Å². The highest BCUT2D eigenvalue weighted by Gasteiger charge is 2.10. The molecule has 3 rings (SSSR count). The molecule has 1 aliphatic rings. The van der Waals surface area contributed by atoms with E-state index in [1.165, 1.54) is 16.7 Å². The summed E-state index contributed by atoms with van der Waals surface area (Å²) in [5, 5.41) is 6.75. The van der Waals surface area contributed by atoms with Crippen LogP contribution in [0, 0.1) is 0 Å². The van der Waals surface area contributed by atoms with Crippen LogP contribution in [0.1, 0.15) is 23.6 Å². The Morgan fingerprint density at radius 3 is 2.30 bits per heavy atom. The smallest absolute Gasteiger partial charge is 0.191 e. The van der Waals surface area contributed by atoms with Crippen LogP contribution in [0.2, 0.25) is 0 Å². The summed E-state index contributed by atoms with van der Waals surface area (Å²) in [7, 11) is 1.69. The first-order valence-corrected chi connectivity index (χ1v) is 10.8. The number of hydrogen-bond acceptors (Lipinski definition) is 4. The molecule has 0 saturated carbocycles. The molecule has 1 saturated heterocycles. The van der Waals surface area contributed by atoms with Gasteiger partial charge in [-0.15, -0.1) is 0 Å². The van der Waals surface area contributed by atoms with Crippen molar-refractivity contribution in [1.82, 2.24) is 15.5 Å². The summed E-state index contributed by atoms with van der Waals surface area (Å²) in [6, 6.07) is 17.0. The number of guanidine groups is 1. The number of methoxy groups -OCH3 is 1. The average molecular weight is 411 g/mol. The predicted octanol–water partition coefficient (Wildman–Crippen LogP) is 2.83. The first-order valence-electron chi connectivity index (χ1n) is 10.8. The molecule has 6 nitrogen and oxygen atoms in total. The van der Waals surface area contributed by atoms with Gasteiger partial charge in [-0.1, -0.05) is 36.4 Å². The largest absolute Gasteiger partial charge is 0.497 e. The zero-order valence-electron chi connectivity index (χ0n) is 18.2. The molecule has 6 heteroatoms. The van der Waals surface area contributed by atoms with Crippen LogP contribution in [0.15, 0.2) is 53.5 Å². The number of aliphatic imine (C=N–C) groups is 1. The number of benzene rings is 2. The lowest BCUT2D eigenvalue weighted by Crippen LogP contribution is -2.38. The molecule has 0 spiro atoms. The van der Waals surface area contributed by atoms with Crippen molar-refractivity contribution in [2.24, 2.45) is 4.99 Å². The molecule has 0 bridgehead atoms. The Morgan fingerprint density at radius 1 is 0.967 bits per heavy atom. The van der Waals surface area contributed by atoms with Gasteiger partial charge in [0.1, 0.15) is 5.75 Å². The molecule has 1 fully saturated rings. The normalized spacial score (nSPS) is 15.1. The number of ether oxygens (including phenoxy) is 2. The molecule has 0 unspecified atom stereocenters. The molecule has 162 valence electrons. The van der Waals surface area contributed by atoms with Crippen LogP contribution in [0.3, 0.4) is 0 Å². The molecule has 2 aromatic rings. The minimum Gasteiger partial charge on any atom is -0.497 e. The van der Waals surface area contributed by atoms with Gasteiger partial charge in [-0.2, -0.15) is 0 Å². The molecule has 2 N–H and O–H groups in total. The van der Waals surface area contributed by atoms with Crippen molar-refractivity contribution in [2.45, 2.75) is 26.4 Å². The maximum atomic E-state index is 5.42. The van der Waals surface area contributed by atoms with Crippen LogP contribution >= 0.6 is 0 Å². The fourth-order valence-corrected chi connectivity index (χ4v) is 3.40. The van der Waals surface area contributed by atoms with Crippen molar-refractivity contribution >= 4 is 5.96 Å². The SMILES string of the molecule is CCNC(=NCc1ccc(CN2CCOCC2)cc1)NCCc1ccc(OC)cc1.